The van der Waals surface area contributed by atoms with Crippen LogP contribution in [0.1, 0.15) is 41.3 Å². The molecular formula is C22H26F3N4O7P. The second-order valence-electron chi connectivity index (χ2n) is 8.84. The fraction of sp³-hybridized carbons (Fsp3) is 0.455. The van der Waals surface area contributed by atoms with E-state index in [0.717, 1.165) is 17.1 Å². The largest absolute Gasteiger partial charge is 0.487 e. The molecule has 1 aliphatic heterocycles. The molecule has 2 aliphatic rings. The van der Waals surface area contributed by atoms with Crippen LogP contribution in [-0.4, -0.2) is 64.3 Å². The Balaban J connectivity index is 0.000000586. The van der Waals surface area contributed by atoms with Crippen molar-refractivity contribution in [3.05, 3.63) is 52.9 Å². The first-order chi connectivity index (χ1) is 17.4. The third-order valence-electron chi connectivity index (χ3n) is 6.50. The number of benzene rings is 1. The molecule has 2 aromatic heterocycles. The lowest BCUT2D eigenvalue weighted by Gasteiger charge is -2.26. The number of aromatic nitrogens is 3. The van der Waals surface area contributed by atoms with Crippen LogP contribution in [0.4, 0.5) is 13.2 Å². The van der Waals surface area contributed by atoms with E-state index in [9.17, 15) is 23.4 Å². The van der Waals surface area contributed by atoms with Crippen LogP contribution in [0.3, 0.4) is 0 Å². The molecule has 3 heterocycles. The summed E-state index contributed by atoms with van der Waals surface area (Å²) in [5, 5.41) is 25.4. The number of hydrogen-bond acceptors (Lipinski definition) is 7. The highest BCUT2D eigenvalue weighted by Gasteiger charge is 2.45. The molecule has 3 aromatic rings. The summed E-state index contributed by atoms with van der Waals surface area (Å²) in [6.45, 7) is 2.61. The van der Waals surface area contributed by atoms with Gasteiger partial charge < -0.3 is 39.5 Å². The molecule has 0 radical (unpaired) electrons. The Morgan fingerprint density at radius 1 is 1.19 bits per heavy atom. The molecule has 6 N–H and O–H groups in total. The highest BCUT2D eigenvalue weighted by atomic mass is 31.2. The van der Waals surface area contributed by atoms with E-state index < -0.39 is 50.0 Å². The molecule has 0 unspecified atom stereocenters. The molecule has 0 saturated heterocycles. The zero-order chi connectivity index (χ0) is 27.1. The Morgan fingerprint density at radius 3 is 2.57 bits per heavy atom. The molecule has 1 fully saturated rings. The standard InChI is InChI=1S/C22H23F3N4O3.H3O4P/c1-10-11-3-5-29(22(11)28-9-27-10)15-7-17(20(31)19(15)30)32-16-6-13(21(24)25)18(23)12-2-4-26-8-14(12)16;1-5(2,3)4/h3,5-6,9,15,17,19-21,26,30-31H,2,4,7-8H2,1H3;(H3,1,2,3,4)/t15-,17+,19+,20-;/m1./s1. The van der Waals surface area contributed by atoms with Crippen molar-refractivity contribution < 1.29 is 47.4 Å². The van der Waals surface area contributed by atoms with Gasteiger partial charge in [0.2, 0.25) is 0 Å². The zero-order valence-electron chi connectivity index (χ0n) is 19.5. The van der Waals surface area contributed by atoms with Gasteiger partial charge in [-0.25, -0.2) is 27.7 Å². The maximum absolute atomic E-state index is 14.6. The molecular weight excluding hydrogens is 520 g/mol. The molecule has 37 heavy (non-hydrogen) atoms. The predicted octanol–water partition coefficient (Wildman–Crippen LogP) is 1.65. The smallest absolute Gasteiger partial charge is 0.466 e. The number of nitrogens with zero attached hydrogens (tertiary/aromatic N) is 3. The monoisotopic (exact) mass is 546 g/mol. The number of rotatable bonds is 4. The second-order valence-corrected chi connectivity index (χ2v) is 9.86. The second kappa shape index (κ2) is 10.7. The van der Waals surface area contributed by atoms with Gasteiger partial charge in [-0.15, -0.1) is 0 Å². The molecule has 0 spiro atoms. The van der Waals surface area contributed by atoms with Crippen molar-refractivity contribution in [3.63, 3.8) is 0 Å². The molecule has 0 bridgehead atoms. The van der Waals surface area contributed by atoms with Gasteiger partial charge in [-0.2, -0.15) is 0 Å². The summed E-state index contributed by atoms with van der Waals surface area (Å²) in [6.07, 6.45) is -2.57. The molecule has 5 rings (SSSR count). The lowest BCUT2D eigenvalue weighted by atomic mass is 9.96. The number of halogens is 3. The van der Waals surface area contributed by atoms with Crippen LogP contribution in [0.5, 0.6) is 5.75 Å². The van der Waals surface area contributed by atoms with Gasteiger partial charge in [-0.05, 0) is 37.6 Å². The van der Waals surface area contributed by atoms with Gasteiger partial charge in [0.25, 0.3) is 6.43 Å². The molecule has 15 heteroatoms. The summed E-state index contributed by atoms with van der Waals surface area (Å²) in [6, 6.07) is 2.32. The van der Waals surface area contributed by atoms with Crippen LogP contribution in [0.2, 0.25) is 0 Å². The van der Waals surface area contributed by atoms with E-state index >= 15 is 0 Å². The van der Waals surface area contributed by atoms with Crippen LogP contribution in [0, 0.1) is 12.7 Å². The SMILES string of the molecule is Cc1ncnc2c1ccn2[C@@H]1C[C@H](Oc2cc(C(F)F)c(F)c3c2CNCC3)[C@@H](O)[C@H]1O.O=P(O)(O)O. The fourth-order valence-electron chi connectivity index (χ4n) is 4.78. The third kappa shape index (κ3) is 5.80. The first kappa shape index (κ1) is 27.5. The first-order valence-corrected chi connectivity index (χ1v) is 12.9. The number of alkyl halides is 2. The van der Waals surface area contributed by atoms with Gasteiger partial charge in [-0.3, -0.25) is 0 Å². The van der Waals surface area contributed by atoms with Crippen molar-refractivity contribution in [2.75, 3.05) is 6.54 Å². The third-order valence-corrected chi connectivity index (χ3v) is 6.50. The van der Waals surface area contributed by atoms with Gasteiger partial charge in [0.05, 0.1) is 17.3 Å². The number of nitrogens with one attached hydrogen (secondary N) is 1. The maximum atomic E-state index is 14.6. The summed E-state index contributed by atoms with van der Waals surface area (Å²) in [5.41, 5.74) is 1.38. The Morgan fingerprint density at radius 2 is 1.89 bits per heavy atom. The summed E-state index contributed by atoms with van der Waals surface area (Å²) in [4.78, 5) is 30.0. The maximum Gasteiger partial charge on any atom is 0.466 e. The quantitative estimate of drug-likeness (QED) is 0.265. The first-order valence-electron chi connectivity index (χ1n) is 11.3. The molecule has 0 amide bonds. The van der Waals surface area contributed by atoms with Gasteiger partial charge >= 0.3 is 7.82 Å². The predicted molar refractivity (Wildman–Crippen MR) is 123 cm³/mol. The number of aliphatic hydroxyl groups is 2. The van der Waals surface area contributed by atoms with Crippen molar-refractivity contribution in [1.82, 2.24) is 19.9 Å². The van der Waals surface area contributed by atoms with E-state index in [1.54, 1.807) is 10.8 Å². The number of ether oxygens (including phenoxy) is 1. The van der Waals surface area contributed by atoms with Crippen molar-refractivity contribution in [3.8, 4) is 5.75 Å². The van der Waals surface area contributed by atoms with Crippen molar-refractivity contribution in [2.45, 2.75) is 57.1 Å². The Labute approximate surface area is 208 Å². The van der Waals surface area contributed by atoms with Crippen LogP contribution in [0.15, 0.2) is 24.7 Å². The number of hydrogen-bond donors (Lipinski definition) is 6. The van der Waals surface area contributed by atoms with Gasteiger partial charge in [0, 0.05) is 30.1 Å². The molecule has 4 atom stereocenters. The zero-order valence-corrected chi connectivity index (χ0v) is 20.4. The van der Waals surface area contributed by atoms with Gasteiger partial charge in [-0.1, -0.05) is 0 Å². The van der Waals surface area contributed by atoms with Crippen LogP contribution in [-0.2, 0) is 17.5 Å². The lowest BCUT2D eigenvalue weighted by Crippen LogP contribution is -2.35. The Bertz CT molecular complexity index is 1330. The van der Waals surface area contributed by atoms with Gasteiger partial charge in [0.15, 0.2) is 0 Å². The summed E-state index contributed by atoms with van der Waals surface area (Å²) < 4.78 is 58.1. The van der Waals surface area contributed by atoms with E-state index in [-0.39, 0.29) is 30.7 Å². The molecule has 1 saturated carbocycles. The van der Waals surface area contributed by atoms with Crippen LogP contribution in [0.25, 0.3) is 11.0 Å². The van der Waals surface area contributed by atoms with Crippen molar-refractivity contribution in [1.29, 1.82) is 0 Å². The van der Waals surface area contributed by atoms with Crippen molar-refractivity contribution in [2.24, 2.45) is 0 Å². The Hall–Kier alpha value is -2.58. The van der Waals surface area contributed by atoms with E-state index in [0.29, 0.717) is 17.8 Å². The minimum Gasteiger partial charge on any atom is -0.487 e. The highest BCUT2D eigenvalue weighted by Crippen LogP contribution is 2.40. The van der Waals surface area contributed by atoms with E-state index in [2.05, 4.69) is 15.3 Å². The van der Waals surface area contributed by atoms with Crippen molar-refractivity contribution >= 4 is 18.9 Å². The van der Waals surface area contributed by atoms with E-state index in [1.807, 2.05) is 13.0 Å². The van der Waals surface area contributed by atoms with Crippen LogP contribution >= 0.6 is 7.82 Å². The number of aryl methyl sites for hydroxylation is 1. The highest BCUT2D eigenvalue weighted by molar-refractivity contribution is 7.45. The minimum atomic E-state index is -4.64. The average molecular weight is 546 g/mol. The Kier molecular flexibility index (Phi) is 7.91. The molecule has 202 valence electrons. The van der Waals surface area contributed by atoms with Crippen LogP contribution < -0.4 is 10.1 Å². The fourth-order valence-corrected chi connectivity index (χ4v) is 4.78. The molecule has 1 aliphatic carbocycles. The lowest BCUT2D eigenvalue weighted by molar-refractivity contribution is -0.0167. The topological polar surface area (TPSA) is 170 Å². The van der Waals surface area contributed by atoms with E-state index in [1.165, 1.54) is 6.33 Å². The summed E-state index contributed by atoms with van der Waals surface area (Å²) >= 11 is 0. The minimum absolute atomic E-state index is 0.108. The summed E-state index contributed by atoms with van der Waals surface area (Å²) in [5.74, 6) is -0.793. The number of aliphatic hydroxyl groups excluding tert-OH is 2. The number of phosphoric acid groups is 1. The average Bonchev–Trinajstić information content (AvgIpc) is 3.37. The molecule has 1 aromatic carbocycles. The van der Waals surface area contributed by atoms with Gasteiger partial charge in [0.1, 0.15) is 41.9 Å². The van der Waals surface area contributed by atoms with E-state index in [4.69, 9.17) is 24.0 Å². The normalized spacial score (nSPS) is 23.6. The number of fused-ring (bicyclic) bond motifs is 2. The summed E-state index contributed by atoms with van der Waals surface area (Å²) in [7, 11) is -4.64. The molecule has 11 nitrogen and oxygen atoms in total.